The van der Waals surface area contributed by atoms with Gasteiger partial charge in [-0.2, -0.15) is 0 Å². The second-order valence-corrected chi connectivity index (χ2v) is 7.89. The van der Waals surface area contributed by atoms with E-state index in [1.165, 1.54) is 12.1 Å². The van der Waals surface area contributed by atoms with E-state index in [4.69, 9.17) is 4.74 Å². The Morgan fingerprint density at radius 3 is 2.62 bits per heavy atom. The molecule has 1 saturated heterocycles. The number of piperidine rings is 1. The average molecular weight is 357 g/mol. The van der Waals surface area contributed by atoms with E-state index in [0.29, 0.717) is 12.2 Å². The molecule has 0 atom stereocenters. The van der Waals surface area contributed by atoms with Crippen LogP contribution in [0.25, 0.3) is 0 Å². The Bertz CT molecular complexity index is 694. The lowest BCUT2D eigenvalue weighted by molar-refractivity contribution is -0.387. The van der Waals surface area contributed by atoms with Crippen molar-refractivity contribution in [3.8, 4) is 0 Å². The largest absolute Gasteiger partial charge is 0.384 e. The van der Waals surface area contributed by atoms with Crippen molar-refractivity contribution < 1.29 is 18.1 Å². The van der Waals surface area contributed by atoms with E-state index in [-0.39, 0.29) is 16.9 Å². The van der Waals surface area contributed by atoms with Gasteiger partial charge < -0.3 is 10.1 Å². The lowest BCUT2D eigenvalue weighted by atomic mass is 9.80. The van der Waals surface area contributed by atoms with Crippen molar-refractivity contribution in [2.45, 2.75) is 24.7 Å². The fraction of sp³-hybridized carbons (Fsp3) is 0.600. The number of nitrogens with one attached hydrogen (secondary N) is 2. The molecule has 1 aliphatic rings. The lowest BCUT2D eigenvalue weighted by Gasteiger charge is -2.37. The van der Waals surface area contributed by atoms with Gasteiger partial charge in [0.2, 0.25) is 10.0 Å². The highest BCUT2D eigenvalue weighted by Gasteiger charge is 2.35. The van der Waals surface area contributed by atoms with Gasteiger partial charge in [-0.1, -0.05) is 12.1 Å². The number of ether oxygens (including phenoxy) is 1. The Labute approximate surface area is 141 Å². The third-order valence-electron chi connectivity index (χ3n) is 4.41. The van der Waals surface area contributed by atoms with Crippen LogP contribution in [0.1, 0.15) is 18.4 Å². The summed E-state index contributed by atoms with van der Waals surface area (Å²) < 4.78 is 33.2. The molecule has 2 N–H and O–H groups in total. The molecular weight excluding hydrogens is 334 g/mol. The number of nitrogens with zero attached hydrogens (tertiary/aromatic N) is 1. The van der Waals surface area contributed by atoms with Crippen LogP contribution in [0.2, 0.25) is 0 Å². The van der Waals surface area contributed by atoms with Gasteiger partial charge in [-0.25, -0.2) is 13.1 Å². The van der Waals surface area contributed by atoms with Gasteiger partial charge in [0.05, 0.1) is 11.5 Å². The summed E-state index contributed by atoms with van der Waals surface area (Å²) in [6, 6.07) is 4.24. The van der Waals surface area contributed by atoms with E-state index in [1.54, 1.807) is 20.1 Å². The molecule has 0 aromatic heterocycles. The molecule has 134 valence electrons. The summed E-state index contributed by atoms with van der Waals surface area (Å²) in [5.41, 5.74) is -0.360. The molecule has 0 aliphatic carbocycles. The van der Waals surface area contributed by atoms with Crippen LogP contribution in [0.4, 0.5) is 5.69 Å². The summed E-state index contributed by atoms with van der Waals surface area (Å²) in [4.78, 5) is 10.2. The third kappa shape index (κ3) is 4.10. The molecule has 8 nitrogen and oxygen atoms in total. The Morgan fingerprint density at radius 2 is 2.04 bits per heavy atom. The zero-order valence-electron chi connectivity index (χ0n) is 13.9. The first-order chi connectivity index (χ1) is 11.3. The molecule has 1 aromatic rings. The second-order valence-electron chi connectivity index (χ2n) is 6.19. The van der Waals surface area contributed by atoms with Gasteiger partial charge in [-0.15, -0.1) is 0 Å². The predicted octanol–water partition coefficient (Wildman–Crippen LogP) is 1.20. The van der Waals surface area contributed by atoms with E-state index in [9.17, 15) is 18.5 Å². The number of rotatable bonds is 7. The number of hydrogen-bond donors (Lipinski definition) is 2. The zero-order valence-corrected chi connectivity index (χ0v) is 14.7. The Hall–Kier alpha value is -1.55. The molecule has 0 amide bonds. The minimum absolute atomic E-state index is 0.191. The van der Waals surface area contributed by atoms with Crippen LogP contribution in [0.5, 0.6) is 0 Å². The molecule has 0 saturated carbocycles. The number of hydrogen-bond acceptors (Lipinski definition) is 6. The SMILES string of the molecule is COCC1(CNS(=O)(=O)c2c(C)cccc2[N+](=O)[O-])CCNCC1. The Balaban J connectivity index is 2.27. The van der Waals surface area contributed by atoms with Crippen LogP contribution in [0.3, 0.4) is 0 Å². The van der Waals surface area contributed by atoms with Crippen molar-refractivity contribution in [2.24, 2.45) is 5.41 Å². The predicted molar refractivity (Wildman–Crippen MR) is 89.4 cm³/mol. The summed E-state index contributed by atoms with van der Waals surface area (Å²) in [5.74, 6) is 0. The van der Waals surface area contributed by atoms with Crippen LogP contribution >= 0.6 is 0 Å². The molecule has 2 rings (SSSR count). The monoisotopic (exact) mass is 357 g/mol. The summed E-state index contributed by atoms with van der Waals surface area (Å²) >= 11 is 0. The van der Waals surface area contributed by atoms with Crippen molar-refractivity contribution in [3.63, 3.8) is 0 Å². The maximum atomic E-state index is 12.7. The fourth-order valence-corrected chi connectivity index (χ4v) is 4.64. The average Bonchev–Trinajstić information content (AvgIpc) is 2.54. The quantitative estimate of drug-likeness (QED) is 0.560. The summed E-state index contributed by atoms with van der Waals surface area (Å²) in [5, 5.41) is 14.4. The molecule has 0 unspecified atom stereocenters. The first-order valence-corrected chi connectivity index (χ1v) is 9.23. The molecule has 1 aromatic carbocycles. The molecule has 0 radical (unpaired) electrons. The molecule has 1 heterocycles. The van der Waals surface area contributed by atoms with Gasteiger partial charge in [0, 0.05) is 25.1 Å². The van der Waals surface area contributed by atoms with Gasteiger partial charge >= 0.3 is 0 Å². The summed E-state index contributed by atoms with van der Waals surface area (Å²) in [6.45, 7) is 3.76. The molecular formula is C15H23N3O5S. The van der Waals surface area contributed by atoms with Crippen LogP contribution in [0.15, 0.2) is 23.1 Å². The first kappa shape index (κ1) is 18.8. The van der Waals surface area contributed by atoms with Gasteiger partial charge in [-0.05, 0) is 38.4 Å². The molecule has 0 spiro atoms. The van der Waals surface area contributed by atoms with Crippen LogP contribution in [-0.2, 0) is 14.8 Å². The van der Waals surface area contributed by atoms with E-state index < -0.39 is 20.6 Å². The number of nitro groups is 1. The van der Waals surface area contributed by atoms with Crippen molar-refractivity contribution in [1.29, 1.82) is 0 Å². The lowest BCUT2D eigenvalue weighted by Crippen LogP contribution is -2.47. The highest BCUT2D eigenvalue weighted by atomic mass is 32.2. The van der Waals surface area contributed by atoms with Crippen molar-refractivity contribution >= 4 is 15.7 Å². The number of aryl methyl sites for hydroxylation is 1. The maximum absolute atomic E-state index is 12.7. The van der Waals surface area contributed by atoms with Crippen molar-refractivity contribution in [3.05, 3.63) is 33.9 Å². The van der Waals surface area contributed by atoms with Gasteiger partial charge in [0.25, 0.3) is 5.69 Å². The molecule has 1 fully saturated rings. The minimum Gasteiger partial charge on any atom is -0.384 e. The van der Waals surface area contributed by atoms with Crippen molar-refractivity contribution in [2.75, 3.05) is 33.4 Å². The third-order valence-corrected chi connectivity index (χ3v) is 6.00. The van der Waals surface area contributed by atoms with Crippen LogP contribution in [0, 0.1) is 22.5 Å². The van der Waals surface area contributed by atoms with Gasteiger partial charge in [0.1, 0.15) is 0 Å². The number of nitro benzene ring substituents is 1. The number of methoxy groups -OCH3 is 1. The number of sulfonamides is 1. The molecule has 0 bridgehead atoms. The molecule has 1 aliphatic heterocycles. The Morgan fingerprint density at radius 1 is 1.38 bits per heavy atom. The van der Waals surface area contributed by atoms with Gasteiger partial charge in [0.15, 0.2) is 4.90 Å². The maximum Gasteiger partial charge on any atom is 0.289 e. The second kappa shape index (κ2) is 7.56. The standard InChI is InChI=1S/C15H23N3O5S/c1-12-4-3-5-13(18(19)20)14(12)24(21,22)17-10-15(11-23-2)6-8-16-9-7-15/h3-5,16-17H,6-11H2,1-2H3. The molecule has 9 heteroatoms. The fourth-order valence-electron chi connectivity index (χ4n) is 3.09. The zero-order chi connectivity index (χ0) is 17.8. The summed E-state index contributed by atoms with van der Waals surface area (Å²) in [6.07, 6.45) is 1.55. The summed E-state index contributed by atoms with van der Waals surface area (Å²) in [7, 11) is -2.40. The molecule has 24 heavy (non-hydrogen) atoms. The first-order valence-electron chi connectivity index (χ1n) is 7.75. The van der Waals surface area contributed by atoms with E-state index in [1.807, 2.05) is 0 Å². The van der Waals surface area contributed by atoms with E-state index in [0.717, 1.165) is 25.9 Å². The van der Waals surface area contributed by atoms with Crippen LogP contribution < -0.4 is 10.0 Å². The normalized spacial score (nSPS) is 17.6. The Kier molecular flexibility index (Phi) is 5.92. The van der Waals surface area contributed by atoms with Crippen molar-refractivity contribution in [1.82, 2.24) is 10.0 Å². The van der Waals surface area contributed by atoms with Gasteiger partial charge in [-0.3, -0.25) is 10.1 Å². The topological polar surface area (TPSA) is 111 Å². The number of benzene rings is 1. The minimum atomic E-state index is -3.99. The van der Waals surface area contributed by atoms with E-state index >= 15 is 0 Å². The van der Waals surface area contributed by atoms with E-state index in [2.05, 4.69) is 10.0 Å². The highest BCUT2D eigenvalue weighted by Crippen LogP contribution is 2.31. The smallest absolute Gasteiger partial charge is 0.289 e. The highest BCUT2D eigenvalue weighted by molar-refractivity contribution is 7.89. The van der Waals surface area contributed by atoms with Crippen LogP contribution in [-0.4, -0.2) is 46.7 Å².